The lowest BCUT2D eigenvalue weighted by Gasteiger charge is -2.25. The highest BCUT2D eigenvalue weighted by atomic mass is 32.2. The van der Waals surface area contributed by atoms with E-state index in [0.29, 0.717) is 11.3 Å². The van der Waals surface area contributed by atoms with Gasteiger partial charge in [0.25, 0.3) is 10.0 Å². The van der Waals surface area contributed by atoms with Crippen LogP contribution >= 0.6 is 0 Å². The number of aryl methyl sites for hydroxylation is 1. The molecule has 0 unspecified atom stereocenters. The zero-order valence-corrected chi connectivity index (χ0v) is 19.9. The molecule has 0 atom stereocenters. The molecule has 0 spiro atoms. The van der Waals surface area contributed by atoms with Crippen LogP contribution in [-0.4, -0.2) is 35.1 Å². The number of nitrogens with one attached hydrogen (secondary N) is 1. The number of ether oxygens (including phenoxy) is 2. The van der Waals surface area contributed by atoms with E-state index in [0.717, 1.165) is 16.4 Å². The minimum Gasteiger partial charge on any atom is -0.497 e. The summed E-state index contributed by atoms with van der Waals surface area (Å²) in [5.74, 6) is -0.604. The van der Waals surface area contributed by atoms with E-state index in [2.05, 4.69) is 5.32 Å². The predicted molar refractivity (Wildman–Crippen MR) is 125 cm³/mol. The summed E-state index contributed by atoms with van der Waals surface area (Å²) in [5, 5.41) is 2.18. The molecule has 0 aliphatic rings. The fourth-order valence-corrected chi connectivity index (χ4v) is 5.00. The quantitative estimate of drug-likeness (QED) is 0.470. The van der Waals surface area contributed by atoms with Gasteiger partial charge in [-0.2, -0.15) is 13.2 Å². The van der Waals surface area contributed by atoms with E-state index in [1.165, 1.54) is 56.7 Å². The van der Waals surface area contributed by atoms with Crippen LogP contribution in [0.4, 0.5) is 24.5 Å². The molecule has 11 heteroatoms. The fourth-order valence-electron chi connectivity index (χ4n) is 3.34. The number of para-hydroxylation sites is 1. The van der Waals surface area contributed by atoms with Gasteiger partial charge in [0.1, 0.15) is 22.9 Å². The standard InChI is InChI=1S/C24H23F3N2O5S/c1-16-11-12-21(34-3)22(13-16)35(31,32)29(17-7-6-8-18(14-17)33-2)15-23(30)28-20-10-5-4-9-19(20)24(25,26)27/h4-14H,15H2,1-3H3,(H,28,30). The molecule has 0 heterocycles. The zero-order chi connectivity index (χ0) is 25.8. The third kappa shape index (κ3) is 5.86. The Hall–Kier alpha value is -3.73. The molecule has 1 N–H and O–H groups in total. The second-order valence-electron chi connectivity index (χ2n) is 7.46. The number of hydrogen-bond acceptors (Lipinski definition) is 5. The molecular formula is C24H23F3N2O5S. The van der Waals surface area contributed by atoms with Crippen molar-refractivity contribution in [1.82, 2.24) is 0 Å². The second kappa shape index (κ2) is 10.3. The Morgan fingerprint density at radius 1 is 0.971 bits per heavy atom. The highest BCUT2D eigenvalue weighted by Crippen LogP contribution is 2.35. The first kappa shape index (κ1) is 25.9. The van der Waals surface area contributed by atoms with Crippen molar-refractivity contribution in [1.29, 1.82) is 0 Å². The number of rotatable bonds is 8. The van der Waals surface area contributed by atoms with E-state index in [9.17, 15) is 26.4 Å². The minimum absolute atomic E-state index is 0.0475. The Morgan fingerprint density at radius 3 is 2.34 bits per heavy atom. The van der Waals surface area contributed by atoms with Crippen LogP contribution in [0.1, 0.15) is 11.1 Å². The number of carbonyl (C=O) groups excluding carboxylic acids is 1. The van der Waals surface area contributed by atoms with Crippen LogP contribution in [0, 0.1) is 6.92 Å². The Balaban J connectivity index is 2.06. The molecule has 0 saturated heterocycles. The first-order chi connectivity index (χ1) is 16.5. The summed E-state index contributed by atoms with van der Waals surface area (Å²) in [5.41, 5.74) is -0.837. The Kier molecular flexibility index (Phi) is 7.59. The summed E-state index contributed by atoms with van der Waals surface area (Å²) in [6.45, 7) is 0.883. The summed E-state index contributed by atoms with van der Waals surface area (Å²) >= 11 is 0. The van der Waals surface area contributed by atoms with Crippen LogP contribution in [0.15, 0.2) is 71.6 Å². The number of halogens is 3. The SMILES string of the molecule is COc1cccc(N(CC(=O)Nc2ccccc2C(F)(F)F)S(=O)(=O)c2cc(C)ccc2OC)c1. The topological polar surface area (TPSA) is 84.9 Å². The van der Waals surface area contributed by atoms with Gasteiger partial charge in [0.05, 0.1) is 31.2 Å². The zero-order valence-electron chi connectivity index (χ0n) is 19.1. The first-order valence-electron chi connectivity index (χ1n) is 10.2. The number of alkyl halides is 3. The van der Waals surface area contributed by atoms with E-state index >= 15 is 0 Å². The summed E-state index contributed by atoms with van der Waals surface area (Å²) in [7, 11) is -1.70. The van der Waals surface area contributed by atoms with Gasteiger partial charge in [0.15, 0.2) is 0 Å². The van der Waals surface area contributed by atoms with E-state index in [1.54, 1.807) is 19.1 Å². The van der Waals surface area contributed by atoms with Crippen molar-refractivity contribution in [3.63, 3.8) is 0 Å². The summed E-state index contributed by atoms with van der Waals surface area (Å²) < 4.78 is 78.7. The average Bonchev–Trinajstić information content (AvgIpc) is 2.82. The summed E-state index contributed by atoms with van der Waals surface area (Å²) in [4.78, 5) is 12.7. The Morgan fingerprint density at radius 2 is 1.69 bits per heavy atom. The van der Waals surface area contributed by atoms with Gasteiger partial charge < -0.3 is 14.8 Å². The molecule has 35 heavy (non-hydrogen) atoms. The fraction of sp³-hybridized carbons (Fsp3) is 0.208. The van der Waals surface area contributed by atoms with Crippen molar-refractivity contribution >= 4 is 27.3 Å². The summed E-state index contributed by atoms with van der Waals surface area (Å²) in [6.07, 6.45) is -4.71. The van der Waals surface area contributed by atoms with Crippen LogP contribution in [-0.2, 0) is 21.0 Å². The molecule has 0 fully saturated rings. The van der Waals surface area contributed by atoms with Crippen LogP contribution in [0.5, 0.6) is 11.5 Å². The number of anilines is 2. The van der Waals surface area contributed by atoms with E-state index in [-0.39, 0.29) is 16.3 Å². The average molecular weight is 509 g/mol. The molecule has 0 radical (unpaired) electrons. The number of methoxy groups -OCH3 is 2. The third-order valence-corrected chi connectivity index (χ3v) is 6.82. The Labute approximate surface area is 201 Å². The molecule has 3 aromatic carbocycles. The lowest BCUT2D eigenvalue weighted by atomic mass is 10.1. The highest BCUT2D eigenvalue weighted by Gasteiger charge is 2.35. The third-order valence-electron chi connectivity index (χ3n) is 5.02. The molecule has 0 aliphatic heterocycles. The molecule has 0 saturated carbocycles. The molecule has 0 aliphatic carbocycles. The number of sulfonamides is 1. The molecule has 1 amide bonds. The van der Waals surface area contributed by atoms with Crippen molar-refractivity contribution in [2.45, 2.75) is 18.0 Å². The lowest BCUT2D eigenvalue weighted by Crippen LogP contribution is -2.38. The molecule has 186 valence electrons. The minimum atomic E-state index is -4.71. The normalized spacial score (nSPS) is 11.6. The molecule has 3 aromatic rings. The molecule has 0 bridgehead atoms. The monoisotopic (exact) mass is 508 g/mol. The van der Waals surface area contributed by atoms with Crippen molar-refractivity contribution < 1.29 is 35.9 Å². The van der Waals surface area contributed by atoms with Gasteiger partial charge in [-0.3, -0.25) is 9.10 Å². The number of hydrogen-bond donors (Lipinski definition) is 1. The summed E-state index contributed by atoms with van der Waals surface area (Å²) in [6, 6.07) is 14.9. The van der Waals surface area contributed by atoms with Gasteiger partial charge in [0.2, 0.25) is 5.91 Å². The predicted octanol–water partition coefficient (Wildman–Crippen LogP) is 4.87. The van der Waals surface area contributed by atoms with Crippen molar-refractivity contribution in [2.75, 3.05) is 30.4 Å². The molecular weight excluding hydrogens is 485 g/mol. The van der Waals surface area contributed by atoms with E-state index in [1.807, 2.05) is 0 Å². The smallest absolute Gasteiger partial charge is 0.418 e. The largest absolute Gasteiger partial charge is 0.497 e. The van der Waals surface area contributed by atoms with Crippen molar-refractivity contribution in [2.24, 2.45) is 0 Å². The van der Waals surface area contributed by atoms with Crippen molar-refractivity contribution in [3.05, 3.63) is 77.9 Å². The lowest BCUT2D eigenvalue weighted by molar-refractivity contribution is -0.137. The van der Waals surface area contributed by atoms with Gasteiger partial charge in [0, 0.05) is 6.07 Å². The van der Waals surface area contributed by atoms with Crippen LogP contribution in [0.25, 0.3) is 0 Å². The molecule has 7 nitrogen and oxygen atoms in total. The molecule has 0 aromatic heterocycles. The maximum absolute atomic E-state index is 13.7. The van der Waals surface area contributed by atoms with E-state index in [4.69, 9.17) is 9.47 Å². The Bertz CT molecular complexity index is 1330. The van der Waals surface area contributed by atoms with Crippen LogP contribution in [0.3, 0.4) is 0 Å². The van der Waals surface area contributed by atoms with Gasteiger partial charge in [-0.25, -0.2) is 8.42 Å². The highest BCUT2D eigenvalue weighted by molar-refractivity contribution is 7.93. The maximum atomic E-state index is 13.7. The number of nitrogens with zero attached hydrogens (tertiary/aromatic N) is 1. The van der Waals surface area contributed by atoms with Gasteiger partial charge in [-0.15, -0.1) is 0 Å². The maximum Gasteiger partial charge on any atom is 0.418 e. The van der Waals surface area contributed by atoms with Crippen LogP contribution in [0.2, 0.25) is 0 Å². The van der Waals surface area contributed by atoms with Gasteiger partial charge in [-0.1, -0.05) is 24.3 Å². The van der Waals surface area contributed by atoms with E-state index < -0.39 is 39.9 Å². The number of amides is 1. The molecule has 3 rings (SSSR count). The van der Waals surface area contributed by atoms with Gasteiger partial charge in [-0.05, 0) is 48.9 Å². The van der Waals surface area contributed by atoms with Crippen molar-refractivity contribution in [3.8, 4) is 11.5 Å². The number of carbonyl (C=O) groups is 1. The second-order valence-corrected chi connectivity index (χ2v) is 9.29. The first-order valence-corrected chi connectivity index (χ1v) is 11.7. The van der Waals surface area contributed by atoms with Crippen LogP contribution < -0.4 is 19.1 Å². The van der Waals surface area contributed by atoms with Gasteiger partial charge >= 0.3 is 6.18 Å². The number of benzene rings is 3.